The lowest BCUT2D eigenvalue weighted by Gasteiger charge is -2.16. The molecule has 1 atom stereocenters. The topological polar surface area (TPSA) is 61.5 Å². The summed E-state index contributed by atoms with van der Waals surface area (Å²) < 4.78 is 10.6. The maximum absolute atomic E-state index is 11.3. The van der Waals surface area contributed by atoms with E-state index >= 15 is 0 Å². The van der Waals surface area contributed by atoms with Crippen LogP contribution in [0.25, 0.3) is 0 Å². The predicted molar refractivity (Wildman–Crippen MR) is 66.7 cm³/mol. The van der Waals surface area contributed by atoms with Gasteiger partial charge in [-0.15, -0.1) is 0 Å². The Kier molecular flexibility index (Phi) is 7.21. The van der Waals surface area contributed by atoms with E-state index in [1.54, 1.807) is 6.92 Å². The first-order valence-corrected chi connectivity index (χ1v) is 6.78. The molecule has 1 aliphatic rings. The molecule has 0 aromatic heterocycles. The molecule has 0 bridgehead atoms. The Hall–Kier alpha value is -0.610. The van der Waals surface area contributed by atoms with Gasteiger partial charge >= 0.3 is 5.97 Å². The summed E-state index contributed by atoms with van der Waals surface area (Å²) in [5.74, 6) is -0.322. The minimum atomic E-state index is -0.541. The van der Waals surface area contributed by atoms with E-state index in [-0.39, 0.29) is 5.97 Å². The Morgan fingerprint density at radius 3 is 2.53 bits per heavy atom. The second-order valence-electron chi connectivity index (χ2n) is 4.63. The van der Waals surface area contributed by atoms with E-state index < -0.39 is 6.04 Å². The monoisotopic (exact) mass is 243 g/mol. The molecule has 17 heavy (non-hydrogen) atoms. The average Bonchev–Trinajstić information content (AvgIpc) is 2.58. The minimum Gasteiger partial charge on any atom is -0.465 e. The van der Waals surface area contributed by atoms with Crippen molar-refractivity contribution >= 4 is 5.97 Å². The molecule has 1 unspecified atom stereocenters. The third kappa shape index (κ3) is 6.03. The number of ether oxygens (including phenoxy) is 2. The summed E-state index contributed by atoms with van der Waals surface area (Å²) in [6.45, 7) is 2.73. The Morgan fingerprint density at radius 1 is 1.29 bits per heavy atom. The summed E-state index contributed by atoms with van der Waals surface area (Å²) in [5.41, 5.74) is 5.70. The van der Waals surface area contributed by atoms with Crippen LogP contribution in [0, 0.1) is 0 Å². The van der Waals surface area contributed by atoms with Crippen molar-refractivity contribution < 1.29 is 14.3 Å². The van der Waals surface area contributed by atoms with Gasteiger partial charge in [-0.3, -0.25) is 4.79 Å². The Morgan fingerprint density at radius 2 is 1.94 bits per heavy atom. The normalized spacial score (nSPS) is 19.6. The average molecular weight is 243 g/mol. The van der Waals surface area contributed by atoms with E-state index in [4.69, 9.17) is 15.2 Å². The highest BCUT2D eigenvalue weighted by Crippen LogP contribution is 2.19. The Labute approximate surface area is 104 Å². The van der Waals surface area contributed by atoms with Crippen molar-refractivity contribution in [3.05, 3.63) is 0 Å². The molecule has 4 nitrogen and oxygen atoms in total. The molecule has 2 N–H and O–H groups in total. The van der Waals surface area contributed by atoms with Crippen molar-refractivity contribution in [3.63, 3.8) is 0 Å². The van der Waals surface area contributed by atoms with Gasteiger partial charge in [0.05, 0.1) is 12.7 Å². The number of hydrogen-bond donors (Lipinski definition) is 1. The molecule has 0 spiro atoms. The highest BCUT2D eigenvalue weighted by molar-refractivity contribution is 5.75. The molecule has 0 saturated heterocycles. The van der Waals surface area contributed by atoms with Crippen LogP contribution in [-0.4, -0.2) is 31.3 Å². The first-order chi connectivity index (χ1) is 8.24. The fourth-order valence-electron chi connectivity index (χ4n) is 2.14. The van der Waals surface area contributed by atoms with Gasteiger partial charge in [-0.05, 0) is 26.2 Å². The van der Waals surface area contributed by atoms with Crippen molar-refractivity contribution in [1.29, 1.82) is 0 Å². The first-order valence-electron chi connectivity index (χ1n) is 6.78. The second-order valence-corrected chi connectivity index (χ2v) is 4.63. The van der Waals surface area contributed by atoms with Crippen LogP contribution in [0.2, 0.25) is 0 Å². The lowest BCUT2D eigenvalue weighted by molar-refractivity contribution is -0.145. The highest BCUT2D eigenvalue weighted by Gasteiger charge is 2.16. The van der Waals surface area contributed by atoms with Crippen molar-refractivity contribution in [2.45, 2.75) is 64.0 Å². The largest absolute Gasteiger partial charge is 0.465 e. The van der Waals surface area contributed by atoms with E-state index in [0.29, 0.717) is 25.7 Å². The number of hydrogen-bond acceptors (Lipinski definition) is 4. The SMILES string of the molecule is CCOC(=O)C(N)CCOC1CCCCCC1. The molecule has 1 aliphatic carbocycles. The zero-order valence-corrected chi connectivity index (χ0v) is 10.8. The van der Waals surface area contributed by atoms with Crippen LogP contribution in [0.4, 0.5) is 0 Å². The lowest BCUT2D eigenvalue weighted by atomic mass is 10.1. The molecule has 100 valence electrons. The van der Waals surface area contributed by atoms with Crippen molar-refractivity contribution in [3.8, 4) is 0 Å². The molecule has 0 aromatic carbocycles. The number of rotatable bonds is 6. The fourth-order valence-corrected chi connectivity index (χ4v) is 2.14. The molecule has 0 aromatic rings. The number of carbonyl (C=O) groups excluding carboxylic acids is 1. The molecule has 0 aliphatic heterocycles. The molecule has 1 fully saturated rings. The molecular formula is C13H25NO3. The van der Waals surface area contributed by atoms with Crippen molar-refractivity contribution in [1.82, 2.24) is 0 Å². The van der Waals surface area contributed by atoms with Gasteiger partial charge in [0.1, 0.15) is 6.04 Å². The number of esters is 1. The van der Waals surface area contributed by atoms with E-state index in [0.717, 1.165) is 12.8 Å². The van der Waals surface area contributed by atoms with E-state index in [2.05, 4.69) is 0 Å². The summed E-state index contributed by atoms with van der Waals surface area (Å²) in [4.78, 5) is 11.3. The highest BCUT2D eigenvalue weighted by atomic mass is 16.5. The molecule has 1 rings (SSSR count). The van der Waals surface area contributed by atoms with E-state index in [1.807, 2.05) is 0 Å². The maximum Gasteiger partial charge on any atom is 0.322 e. The quantitative estimate of drug-likeness (QED) is 0.572. The van der Waals surface area contributed by atoms with Crippen LogP contribution >= 0.6 is 0 Å². The standard InChI is InChI=1S/C13H25NO3/c1-2-16-13(15)12(14)9-10-17-11-7-5-3-4-6-8-11/h11-12H,2-10,14H2,1H3. The van der Waals surface area contributed by atoms with Gasteiger partial charge in [0.2, 0.25) is 0 Å². The van der Waals surface area contributed by atoms with Crippen LogP contribution < -0.4 is 5.73 Å². The molecule has 0 radical (unpaired) electrons. The predicted octanol–water partition coefficient (Wildman–Crippen LogP) is 2.01. The van der Waals surface area contributed by atoms with E-state index in [9.17, 15) is 4.79 Å². The van der Waals surface area contributed by atoms with Crippen LogP contribution in [0.5, 0.6) is 0 Å². The summed E-state index contributed by atoms with van der Waals surface area (Å²) in [5, 5.41) is 0. The van der Waals surface area contributed by atoms with Gasteiger partial charge < -0.3 is 15.2 Å². The van der Waals surface area contributed by atoms with Gasteiger partial charge in [-0.25, -0.2) is 0 Å². The van der Waals surface area contributed by atoms with Crippen LogP contribution in [0.1, 0.15) is 51.9 Å². The maximum atomic E-state index is 11.3. The van der Waals surface area contributed by atoms with Crippen LogP contribution in [-0.2, 0) is 14.3 Å². The number of nitrogens with two attached hydrogens (primary N) is 1. The molecule has 4 heteroatoms. The summed E-state index contributed by atoms with van der Waals surface area (Å²) >= 11 is 0. The van der Waals surface area contributed by atoms with Crippen molar-refractivity contribution in [2.24, 2.45) is 5.73 Å². The van der Waals surface area contributed by atoms with Gasteiger partial charge in [-0.2, -0.15) is 0 Å². The van der Waals surface area contributed by atoms with Gasteiger partial charge in [0.15, 0.2) is 0 Å². The van der Waals surface area contributed by atoms with Crippen molar-refractivity contribution in [2.75, 3.05) is 13.2 Å². The Balaban J connectivity index is 2.11. The van der Waals surface area contributed by atoms with Gasteiger partial charge in [0, 0.05) is 6.61 Å². The summed E-state index contributed by atoms with van der Waals surface area (Å²) in [6.07, 6.45) is 8.37. The smallest absolute Gasteiger partial charge is 0.322 e. The van der Waals surface area contributed by atoms with Gasteiger partial charge in [0.25, 0.3) is 0 Å². The molecule has 1 saturated carbocycles. The van der Waals surface area contributed by atoms with Crippen LogP contribution in [0.3, 0.4) is 0 Å². The zero-order chi connectivity index (χ0) is 12.5. The summed E-state index contributed by atoms with van der Waals surface area (Å²) in [7, 11) is 0. The molecule has 0 heterocycles. The zero-order valence-electron chi connectivity index (χ0n) is 10.8. The Bertz CT molecular complexity index is 213. The fraction of sp³-hybridized carbons (Fsp3) is 0.923. The van der Waals surface area contributed by atoms with Crippen LogP contribution in [0.15, 0.2) is 0 Å². The summed E-state index contributed by atoms with van der Waals surface area (Å²) in [6, 6.07) is -0.541. The van der Waals surface area contributed by atoms with E-state index in [1.165, 1.54) is 25.7 Å². The molecule has 0 amide bonds. The molecular weight excluding hydrogens is 218 g/mol. The third-order valence-electron chi connectivity index (χ3n) is 3.17. The number of carbonyl (C=O) groups is 1. The lowest BCUT2D eigenvalue weighted by Crippen LogP contribution is -2.34. The third-order valence-corrected chi connectivity index (χ3v) is 3.17. The first kappa shape index (κ1) is 14.5. The minimum absolute atomic E-state index is 0.322. The van der Waals surface area contributed by atoms with Gasteiger partial charge in [-0.1, -0.05) is 25.7 Å². The second kappa shape index (κ2) is 8.48.